The van der Waals surface area contributed by atoms with E-state index in [2.05, 4.69) is 16.0 Å². The number of rotatable bonds is 13. The van der Waals surface area contributed by atoms with Crippen molar-refractivity contribution in [3.63, 3.8) is 0 Å². The molecule has 214 valence electrons. The number of nitrogens with one attached hydrogen (secondary N) is 3. The van der Waals surface area contributed by atoms with Crippen molar-refractivity contribution in [1.82, 2.24) is 20.9 Å². The molecule has 0 spiro atoms. The van der Waals surface area contributed by atoms with Crippen LogP contribution in [0.4, 0.5) is 4.79 Å². The Morgan fingerprint density at radius 1 is 1.03 bits per heavy atom. The fourth-order valence-electron chi connectivity index (χ4n) is 4.01. The van der Waals surface area contributed by atoms with E-state index in [1.165, 1.54) is 4.90 Å². The second-order valence-corrected chi connectivity index (χ2v) is 9.97. The molecule has 3 N–H and O–H groups in total. The number of benzene rings is 1. The third-order valence-corrected chi connectivity index (χ3v) is 5.75. The lowest BCUT2D eigenvalue weighted by molar-refractivity contribution is -0.137. The van der Waals surface area contributed by atoms with Crippen molar-refractivity contribution in [2.24, 2.45) is 0 Å². The first kappa shape index (κ1) is 29.8. The van der Waals surface area contributed by atoms with E-state index >= 15 is 0 Å². The Labute approximate surface area is 226 Å². The van der Waals surface area contributed by atoms with Crippen LogP contribution in [-0.4, -0.2) is 92.4 Å². The van der Waals surface area contributed by atoms with Gasteiger partial charge in [0.1, 0.15) is 17.4 Å². The van der Waals surface area contributed by atoms with Gasteiger partial charge in [-0.05, 0) is 39.3 Å². The van der Waals surface area contributed by atoms with Gasteiger partial charge < -0.3 is 34.5 Å². The summed E-state index contributed by atoms with van der Waals surface area (Å²) in [6, 6.07) is 4.24. The highest BCUT2D eigenvalue weighted by molar-refractivity contribution is 6.05. The van der Waals surface area contributed by atoms with E-state index in [-0.39, 0.29) is 56.9 Å². The first-order valence-corrected chi connectivity index (χ1v) is 12.8. The lowest BCUT2D eigenvalue weighted by Gasteiger charge is -2.29. The monoisotopic (exact) mass is 548 g/mol. The zero-order chi connectivity index (χ0) is 28.4. The van der Waals surface area contributed by atoms with E-state index in [0.717, 1.165) is 0 Å². The fourth-order valence-corrected chi connectivity index (χ4v) is 4.01. The molecule has 2 aliphatic rings. The molecule has 0 bridgehead atoms. The molecule has 1 fully saturated rings. The smallest absolute Gasteiger partial charge is 0.407 e. The van der Waals surface area contributed by atoms with Gasteiger partial charge in [-0.15, -0.1) is 0 Å². The Morgan fingerprint density at radius 3 is 2.38 bits per heavy atom. The van der Waals surface area contributed by atoms with E-state index in [1.807, 2.05) is 0 Å². The summed E-state index contributed by atoms with van der Waals surface area (Å²) in [4.78, 5) is 61.7. The third-order valence-electron chi connectivity index (χ3n) is 5.75. The van der Waals surface area contributed by atoms with Gasteiger partial charge in [-0.3, -0.25) is 24.5 Å². The number of nitrogens with zero attached hydrogens (tertiary/aromatic N) is 1. The molecule has 3 rings (SSSR count). The number of carbonyl (C=O) groups excluding carboxylic acids is 5. The van der Waals surface area contributed by atoms with Crippen molar-refractivity contribution >= 4 is 29.7 Å². The summed E-state index contributed by atoms with van der Waals surface area (Å²) in [6.07, 6.45) is -0.0616. The molecule has 1 aromatic carbocycles. The van der Waals surface area contributed by atoms with Gasteiger partial charge in [-0.25, -0.2) is 4.79 Å². The maximum Gasteiger partial charge on any atom is 0.407 e. The van der Waals surface area contributed by atoms with Gasteiger partial charge in [-0.2, -0.15) is 0 Å². The van der Waals surface area contributed by atoms with Crippen molar-refractivity contribution in [2.75, 3.05) is 46.1 Å². The molecule has 2 aliphatic heterocycles. The predicted octanol–water partition coefficient (Wildman–Crippen LogP) is 0.501. The SMILES string of the molecule is CC(C)(C)OC(=O)NCCOCCOCCNC(=O)COc1cccc2c1CN(C1CCC(=O)NC1=O)C2=O. The van der Waals surface area contributed by atoms with Gasteiger partial charge in [0.15, 0.2) is 6.61 Å². The van der Waals surface area contributed by atoms with Gasteiger partial charge in [-0.1, -0.05) is 6.07 Å². The molecule has 1 atom stereocenters. The van der Waals surface area contributed by atoms with Crippen LogP contribution < -0.4 is 20.7 Å². The zero-order valence-electron chi connectivity index (χ0n) is 22.5. The molecule has 0 radical (unpaired) electrons. The number of carbonyl (C=O) groups is 5. The molecule has 1 unspecified atom stereocenters. The summed E-state index contributed by atoms with van der Waals surface area (Å²) in [5, 5.41) is 7.55. The van der Waals surface area contributed by atoms with Crippen molar-refractivity contribution in [1.29, 1.82) is 0 Å². The van der Waals surface area contributed by atoms with Crippen LogP contribution in [0.15, 0.2) is 18.2 Å². The van der Waals surface area contributed by atoms with Crippen LogP contribution in [-0.2, 0) is 35.1 Å². The summed E-state index contributed by atoms with van der Waals surface area (Å²) in [5.74, 6) is -1.11. The number of imide groups is 1. The number of fused-ring (bicyclic) bond motifs is 1. The molecule has 1 saturated heterocycles. The zero-order valence-corrected chi connectivity index (χ0v) is 22.5. The van der Waals surface area contributed by atoms with Crippen LogP contribution in [0, 0.1) is 0 Å². The summed E-state index contributed by atoms with van der Waals surface area (Å²) in [6.45, 7) is 7.11. The standard InChI is InChI=1S/C26H36N4O9/c1-26(2,3)39-25(35)28-10-12-37-14-13-36-11-9-27-22(32)16-38-20-6-4-5-17-18(20)15-30(24(17)34)19-7-8-21(31)29-23(19)33/h4-6,19H,7-16H2,1-3H3,(H,27,32)(H,28,35)(H,29,31,33). The van der Waals surface area contributed by atoms with Crippen molar-refractivity contribution in [2.45, 2.75) is 51.8 Å². The molecule has 0 aliphatic carbocycles. The van der Waals surface area contributed by atoms with E-state index in [9.17, 15) is 24.0 Å². The summed E-state index contributed by atoms with van der Waals surface area (Å²) >= 11 is 0. The molecule has 39 heavy (non-hydrogen) atoms. The molecular weight excluding hydrogens is 512 g/mol. The average Bonchev–Trinajstić information content (AvgIpc) is 3.19. The molecule has 5 amide bonds. The van der Waals surface area contributed by atoms with Crippen LogP contribution in [0.25, 0.3) is 0 Å². The summed E-state index contributed by atoms with van der Waals surface area (Å²) in [5.41, 5.74) is 0.461. The maximum absolute atomic E-state index is 12.9. The molecular formula is C26H36N4O9. The van der Waals surface area contributed by atoms with Gasteiger partial charge in [0.2, 0.25) is 11.8 Å². The normalized spacial score (nSPS) is 16.9. The molecule has 1 aromatic rings. The van der Waals surface area contributed by atoms with Gasteiger partial charge in [0, 0.05) is 30.6 Å². The number of ether oxygens (including phenoxy) is 4. The first-order valence-electron chi connectivity index (χ1n) is 12.8. The quantitative estimate of drug-likeness (QED) is 0.235. The summed E-state index contributed by atoms with van der Waals surface area (Å²) in [7, 11) is 0. The van der Waals surface area contributed by atoms with Crippen molar-refractivity contribution in [3.05, 3.63) is 29.3 Å². The van der Waals surface area contributed by atoms with Crippen LogP contribution in [0.3, 0.4) is 0 Å². The Hall–Kier alpha value is -3.71. The highest BCUT2D eigenvalue weighted by Gasteiger charge is 2.40. The number of amides is 5. The van der Waals surface area contributed by atoms with Crippen LogP contribution in [0.1, 0.15) is 49.5 Å². The Morgan fingerprint density at radius 2 is 1.72 bits per heavy atom. The minimum absolute atomic E-state index is 0.158. The van der Waals surface area contributed by atoms with E-state index < -0.39 is 23.6 Å². The lowest BCUT2D eigenvalue weighted by atomic mass is 10.0. The Kier molecular flexibility index (Phi) is 10.6. The van der Waals surface area contributed by atoms with Crippen LogP contribution in [0.5, 0.6) is 5.75 Å². The molecule has 13 heteroatoms. The van der Waals surface area contributed by atoms with Crippen molar-refractivity contribution < 1.29 is 42.9 Å². The second-order valence-electron chi connectivity index (χ2n) is 9.97. The van der Waals surface area contributed by atoms with Gasteiger partial charge in [0.05, 0.1) is 33.0 Å². The Balaban J connectivity index is 1.28. The third kappa shape index (κ3) is 9.21. The number of alkyl carbamates (subject to hydrolysis) is 1. The molecule has 0 aromatic heterocycles. The average molecular weight is 549 g/mol. The highest BCUT2D eigenvalue weighted by atomic mass is 16.6. The van der Waals surface area contributed by atoms with Crippen LogP contribution >= 0.6 is 0 Å². The van der Waals surface area contributed by atoms with E-state index in [4.69, 9.17) is 18.9 Å². The van der Waals surface area contributed by atoms with Crippen molar-refractivity contribution in [3.8, 4) is 5.75 Å². The first-order chi connectivity index (χ1) is 18.5. The highest BCUT2D eigenvalue weighted by Crippen LogP contribution is 2.33. The lowest BCUT2D eigenvalue weighted by Crippen LogP contribution is -2.52. The largest absolute Gasteiger partial charge is 0.483 e. The number of hydrogen-bond donors (Lipinski definition) is 3. The minimum atomic E-state index is -0.724. The second kappa shape index (κ2) is 13.9. The Bertz CT molecular complexity index is 1070. The minimum Gasteiger partial charge on any atom is -0.483 e. The maximum atomic E-state index is 12.9. The van der Waals surface area contributed by atoms with Gasteiger partial charge >= 0.3 is 6.09 Å². The number of hydrogen-bond acceptors (Lipinski definition) is 9. The van der Waals surface area contributed by atoms with Crippen LogP contribution in [0.2, 0.25) is 0 Å². The predicted molar refractivity (Wildman–Crippen MR) is 137 cm³/mol. The van der Waals surface area contributed by atoms with E-state index in [0.29, 0.717) is 43.2 Å². The molecule has 0 saturated carbocycles. The number of piperidine rings is 1. The van der Waals surface area contributed by atoms with Gasteiger partial charge in [0.25, 0.3) is 11.8 Å². The fraction of sp³-hybridized carbons (Fsp3) is 0.577. The topological polar surface area (TPSA) is 162 Å². The summed E-state index contributed by atoms with van der Waals surface area (Å²) < 4.78 is 21.6. The van der Waals surface area contributed by atoms with E-state index in [1.54, 1.807) is 39.0 Å². The molecule has 2 heterocycles. The molecule has 13 nitrogen and oxygen atoms in total.